The third kappa shape index (κ3) is 7.38. The van der Waals surface area contributed by atoms with E-state index in [1.54, 1.807) is 0 Å². The van der Waals surface area contributed by atoms with Gasteiger partial charge in [0.2, 0.25) is 0 Å². The Balaban J connectivity index is 1.80. The first-order valence-corrected chi connectivity index (χ1v) is 5.73. The summed E-state index contributed by atoms with van der Waals surface area (Å²) in [7, 11) is 0. The molecule has 0 aromatic rings. The van der Waals surface area contributed by atoms with Crippen molar-refractivity contribution in [1.29, 1.82) is 0 Å². The molecule has 3 heteroatoms. The molecule has 1 aliphatic rings. The lowest BCUT2D eigenvalue weighted by atomic mass is 10.3. The molecule has 0 amide bonds. The minimum atomic E-state index is -0.394. The molecule has 0 spiro atoms. The van der Waals surface area contributed by atoms with Crippen molar-refractivity contribution in [3.05, 3.63) is 0 Å². The normalized spacial score (nSPS) is 17.3. The summed E-state index contributed by atoms with van der Waals surface area (Å²) in [4.78, 5) is 0. The Bertz CT molecular complexity index is 196. The molecule has 1 aliphatic carbocycles. The SMILES string of the molecule is C#CCCCNCC(O)COCC1CC1. The number of terminal acetylenes is 1. The van der Waals surface area contributed by atoms with Crippen molar-refractivity contribution in [2.45, 2.75) is 31.8 Å². The van der Waals surface area contributed by atoms with Crippen LogP contribution in [-0.4, -0.2) is 37.5 Å². The highest BCUT2D eigenvalue weighted by Crippen LogP contribution is 2.28. The molecule has 0 aromatic carbocycles. The van der Waals surface area contributed by atoms with E-state index in [-0.39, 0.29) is 0 Å². The number of aliphatic hydroxyl groups excluding tert-OH is 1. The molecule has 15 heavy (non-hydrogen) atoms. The number of aliphatic hydroxyl groups is 1. The maximum atomic E-state index is 9.51. The van der Waals surface area contributed by atoms with Crippen LogP contribution in [0, 0.1) is 18.3 Å². The summed E-state index contributed by atoms with van der Waals surface area (Å²) in [5, 5.41) is 12.7. The predicted molar refractivity (Wildman–Crippen MR) is 60.5 cm³/mol. The fraction of sp³-hybridized carbons (Fsp3) is 0.833. The van der Waals surface area contributed by atoms with Gasteiger partial charge < -0.3 is 15.2 Å². The van der Waals surface area contributed by atoms with Gasteiger partial charge in [-0.25, -0.2) is 0 Å². The van der Waals surface area contributed by atoms with E-state index < -0.39 is 6.10 Å². The zero-order valence-electron chi connectivity index (χ0n) is 9.24. The Morgan fingerprint density at radius 1 is 1.53 bits per heavy atom. The van der Waals surface area contributed by atoms with Crippen LogP contribution in [0.1, 0.15) is 25.7 Å². The van der Waals surface area contributed by atoms with Gasteiger partial charge in [0.25, 0.3) is 0 Å². The summed E-state index contributed by atoms with van der Waals surface area (Å²) in [6.45, 7) is 2.71. The van der Waals surface area contributed by atoms with E-state index in [4.69, 9.17) is 11.2 Å². The van der Waals surface area contributed by atoms with Gasteiger partial charge in [0.1, 0.15) is 0 Å². The molecule has 86 valence electrons. The number of ether oxygens (including phenoxy) is 1. The second kappa shape index (κ2) is 7.70. The molecule has 0 saturated heterocycles. The van der Waals surface area contributed by atoms with Gasteiger partial charge in [-0.1, -0.05) is 0 Å². The van der Waals surface area contributed by atoms with E-state index in [9.17, 15) is 5.11 Å². The zero-order valence-corrected chi connectivity index (χ0v) is 9.24. The fourth-order valence-electron chi connectivity index (χ4n) is 1.30. The van der Waals surface area contributed by atoms with Crippen molar-refractivity contribution in [2.75, 3.05) is 26.3 Å². The zero-order chi connectivity index (χ0) is 10.9. The van der Waals surface area contributed by atoms with Crippen molar-refractivity contribution in [3.8, 4) is 12.3 Å². The number of hydrogen-bond acceptors (Lipinski definition) is 3. The Kier molecular flexibility index (Phi) is 6.42. The minimum absolute atomic E-state index is 0.394. The average Bonchev–Trinajstić information content (AvgIpc) is 3.01. The Hall–Kier alpha value is -0.560. The number of hydrogen-bond donors (Lipinski definition) is 2. The van der Waals surface area contributed by atoms with E-state index in [1.807, 2.05) is 0 Å². The van der Waals surface area contributed by atoms with Crippen molar-refractivity contribution < 1.29 is 9.84 Å². The average molecular weight is 211 g/mol. The molecule has 0 aromatic heterocycles. The first kappa shape index (κ1) is 12.5. The van der Waals surface area contributed by atoms with Crippen LogP contribution in [0.4, 0.5) is 0 Å². The number of nitrogens with one attached hydrogen (secondary N) is 1. The third-order valence-corrected chi connectivity index (χ3v) is 2.42. The fourth-order valence-corrected chi connectivity index (χ4v) is 1.30. The molecular formula is C12H21NO2. The van der Waals surface area contributed by atoms with Crippen LogP contribution in [0.25, 0.3) is 0 Å². The summed E-state index contributed by atoms with van der Waals surface area (Å²) in [6.07, 6.45) is 9.07. The molecule has 2 N–H and O–H groups in total. The Labute approximate surface area is 92.2 Å². The van der Waals surface area contributed by atoms with Crippen LogP contribution in [-0.2, 0) is 4.74 Å². The molecule has 1 rings (SSSR count). The van der Waals surface area contributed by atoms with Crippen LogP contribution in [0.5, 0.6) is 0 Å². The van der Waals surface area contributed by atoms with E-state index in [0.29, 0.717) is 13.2 Å². The van der Waals surface area contributed by atoms with Gasteiger partial charge in [-0.05, 0) is 31.7 Å². The van der Waals surface area contributed by atoms with Crippen LogP contribution in [0.3, 0.4) is 0 Å². The standard InChI is InChI=1S/C12H21NO2/c1-2-3-4-7-13-8-12(14)10-15-9-11-5-6-11/h1,11-14H,3-10H2. The van der Waals surface area contributed by atoms with Gasteiger partial charge in [-0.3, -0.25) is 0 Å². The molecule has 0 bridgehead atoms. The molecule has 1 atom stereocenters. The third-order valence-electron chi connectivity index (χ3n) is 2.42. The number of unbranched alkanes of at least 4 members (excludes halogenated alkanes) is 1. The predicted octanol–water partition coefficient (Wildman–Crippen LogP) is 0.777. The largest absolute Gasteiger partial charge is 0.389 e. The maximum absolute atomic E-state index is 9.51. The summed E-state index contributed by atoms with van der Waals surface area (Å²) in [6, 6.07) is 0. The molecule has 1 unspecified atom stereocenters. The van der Waals surface area contributed by atoms with Gasteiger partial charge in [-0.2, -0.15) is 0 Å². The first-order chi connectivity index (χ1) is 7.33. The molecule has 0 radical (unpaired) electrons. The highest BCUT2D eigenvalue weighted by Gasteiger charge is 2.21. The molecule has 0 heterocycles. The van der Waals surface area contributed by atoms with E-state index in [2.05, 4.69) is 11.2 Å². The van der Waals surface area contributed by atoms with Gasteiger partial charge in [0, 0.05) is 19.6 Å². The second-order valence-electron chi connectivity index (χ2n) is 4.15. The summed E-state index contributed by atoms with van der Waals surface area (Å²) < 4.78 is 5.38. The van der Waals surface area contributed by atoms with Crippen LogP contribution < -0.4 is 5.32 Å². The highest BCUT2D eigenvalue weighted by atomic mass is 16.5. The lowest BCUT2D eigenvalue weighted by Crippen LogP contribution is -2.31. The summed E-state index contributed by atoms with van der Waals surface area (Å²) in [5.74, 6) is 3.35. The van der Waals surface area contributed by atoms with E-state index >= 15 is 0 Å². The van der Waals surface area contributed by atoms with Crippen molar-refractivity contribution in [1.82, 2.24) is 5.32 Å². The lowest BCUT2D eigenvalue weighted by Gasteiger charge is -2.11. The summed E-state index contributed by atoms with van der Waals surface area (Å²) in [5.41, 5.74) is 0. The quantitative estimate of drug-likeness (QED) is 0.437. The Morgan fingerprint density at radius 3 is 3.00 bits per heavy atom. The molecule has 3 nitrogen and oxygen atoms in total. The van der Waals surface area contributed by atoms with Crippen LogP contribution in [0.15, 0.2) is 0 Å². The smallest absolute Gasteiger partial charge is 0.0897 e. The van der Waals surface area contributed by atoms with Crippen LogP contribution in [0.2, 0.25) is 0 Å². The van der Waals surface area contributed by atoms with Crippen molar-refractivity contribution in [2.24, 2.45) is 5.92 Å². The van der Waals surface area contributed by atoms with Crippen LogP contribution >= 0.6 is 0 Å². The summed E-state index contributed by atoms with van der Waals surface area (Å²) >= 11 is 0. The van der Waals surface area contributed by atoms with Gasteiger partial charge in [0.05, 0.1) is 12.7 Å². The second-order valence-corrected chi connectivity index (χ2v) is 4.15. The Morgan fingerprint density at radius 2 is 2.33 bits per heavy atom. The van der Waals surface area contributed by atoms with E-state index in [0.717, 1.165) is 31.9 Å². The topological polar surface area (TPSA) is 41.5 Å². The minimum Gasteiger partial charge on any atom is -0.389 e. The molecule has 1 saturated carbocycles. The first-order valence-electron chi connectivity index (χ1n) is 5.73. The highest BCUT2D eigenvalue weighted by molar-refractivity contribution is 4.83. The monoisotopic (exact) mass is 211 g/mol. The number of rotatable bonds is 9. The molecule has 0 aliphatic heterocycles. The van der Waals surface area contributed by atoms with Gasteiger partial charge >= 0.3 is 0 Å². The molecule has 1 fully saturated rings. The van der Waals surface area contributed by atoms with Gasteiger partial charge in [0.15, 0.2) is 0 Å². The van der Waals surface area contributed by atoms with E-state index in [1.165, 1.54) is 12.8 Å². The lowest BCUT2D eigenvalue weighted by molar-refractivity contribution is 0.0326. The van der Waals surface area contributed by atoms with Gasteiger partial charge in [-0.15, -0.1) is 12.3 Å². The van der Waals surface area contributed by atoms with Crippen molar-refractivity contribution in [3.63, 3.8) is 0 Å². The maximum Gasteiger partial charge on any atom is 0.0897 e. The molecular weight excluding hydrogens is 190 g/mol. The van der Waals surface area contributed by atoms with Crippen molar-refractivity contribution >= 4 is 0 Å².